The van der Waals surface area contributed by atoms with Crippen molar-refractivity contribution in [1.29, 1.82) is 0 Å². The Hall–Kier alpha value is -2.52. The summed E-state index contributed by atoms with van der Waals surface area (Å²) in [5.74, 6) is -0.549. The molecule has 2 aromatic carbocycles. The Kier molecular flexibility index (Phi) is 7.74. The van der Waals surface area contributed by atoms with E-state index in [2.05, 4.69) is 29.3 Å². The lowest BCUT2D eigenvalue weighted by Crippen LogP contribution is -2.45. The predicted molar refractivity (Wildman–Crippen MR) is 124 cm³/mol. The molecule has 2 atom stereocenters. The molecule has 2 aromatic rings. The predicted octanol–water partition coefficient (Wildman–Crippen LogP) is 5.87. The van der Waals surface area contributed by atoms with Crippen LogP contribution in [-0.4, -0.2) is 61.1 Å². The highest BCUT2D eigenvalue weighted by atomic mass is 28.3. The maximum absolute atomic E-state index is 12.8. The van der Waals surface area contributed by atoms with Crippen molar-refractivity contribution in [3.8, 4) is 5.75 Å². The Balaban J connectivity index is 1.89. The second-order valence-corrected chi connectivity index (χ2v) is 15.4. The van der Waals surface area contributed by atoms with Crippen molar-refractivity contribution in [2.24, 2.45) is 0 Å². The molecule has 0 aromatic heterocycles. The van der Waals surface area contributed by atoms with E-state index in [1.165, 1.54) is 23.1 Å². The van der Waals surface area contributed by atoms with Crippen LogP contribution in [0.3, 0.4) is 0 Å². The van der Waals surface area contributed by atoms with Gasteiger partial charge in [0.15, 0.2) is 0 Å². The minimum atomic E-state index is -4.78. The van der Waals surface area contributed by atoms with E-state index in [0.29, 0.717) is 31.7 Å². The third-order valence-electron chi connectivity index (χ3n) is 5.88. The van der Waals surface area contributed by atoms with E-state index in [9.17, 15) is 23.1 Å². The van der Waals surface area contributed by atoms with Crippen molar-refractivity contribution in [2.45, 2.75) is 50.6 Å². The van der Waals surface area contributed by atoms with Gasteiger partial charge in [0.2, 0.25) is 0 Å². The highest BCUT2D eigenvalue weighted by Crippen LogP contribution is 2.35. The summed E-state index contributed by atoms with van der Waals surface area (Å²) in [5.41, 5.74) is 1.76. The lowest BCUT2D eigenvalue weighted by molar-refractivity contribution is -0.274. The van der Waals surface area contributed by atoms with Gasteiger partial charge in [0.1, 0.15) is 5.75 Å². The first-order chi connectivity index (χ1) is 15.4. The molecule has 1 saturated heterocycles. The molecule has 0 aliphatic carbocycles. The Morgan fingerprint density at radius 1 is 1.12 bits per heavy atom. The zero-order valence-electron chi connectivity index (χ0n) is 19.2. The quantitative estimate of drug-likeness (QED) is 0.480. The number of hydrogen-bond donors (Lipinski definition) is 1. The van der Waals surface area contributed by atoms with Gasteiger partial charge in [-0.1, -0.05) is 62.1 Å². The lowest BCUT2D eigenvalue weighted by Gasteiger charge is -2.32. The maximum Gasteiger partial charge on any atom is 0.573 e. The minimum absolute atomic E-state index is 0.261. The van der Waals surface area contributed by atoms with Gasteiger partial charge in [-0.15, -0.1) is 13.2 Å². The SMILES string of the molecule is C[Si](C)(C)CCN(C(=O)O)[C@H]1CN(Cc2ccccc2)C[C@@H]1c1cccc(OC(F)(F)F)c1. The van der Waals surface area contributed by atoms with Crippen LogP contribution in [0.4, 0.5) is 18.0 Å². The number of rotatable bonds is 8. The van der Waals surface area contributed by atoms with Gasteiger partial charge in [0.05, 0.1) is 6.04 Å². The number of carboxylic acid groups (broad SMARTS) is 1. The van der Waals surface area contributed by atoms with E-state index in [1.54, 1.807) is 6.07 Å². The Morgan fingerprint density at radius 3 is 2.42 bits per heavy atom. The van der Waals surface area contributed by atoms with Gasteiger partial charge in [0.25, 0.3) is 0 Å². The molecule has 0 unspecified atom stereocenters. The van der Waals surface area contributed by atoms with Gasteiger partial charge in [-0.3, -0.25) is 4.90 Å². The fourth-order valence-corrected chi connectivity index (χ4v) is 5.19. The van der Waals surface area contributed by atoms with Crippen LogP contribution in [0.2, 0.25) is 25.7 Å². The Labute approximate surface area is 193 Å². The molecular weight excluding hydrogens is 449 g/mol. The van der Waals surface area contributed by atoms with Crippen molar-refractivity contribution < 1.29 is 27.8 Å². The zero-order chi connectivity index (χ0) is 24.2. The van der Waals surface area contributed by atoms with Gasteiger partial charge in [-0.25, -0.2) is 4.79 Å². The number of hydrogen-bond acceptors (Lipinski definition) is 3. The lowest BCUT2D eigenvalue weighted by atomic mass is 9.93. The summed E-state index contributed by atoms with van der Waals surface area (Å²) in [5, 5.41) is 10.0. The van der Waals surface area contributed by atoms with Crippen molar-refractivity contribution in [2.75, 3.05) is 19.6 Å². The standard InChI is InChI=1S/C24H31F3N2O3Si/c1-33(2,3)13-12-29(23(30)31)22-17-28(15-18-8-5-4-6-9-18)16-21(22)19-10-7-11-20(14-19)32-24(25,26)27/h4-11,14,21-22H,12-13,15-17H2,1-3H3,(H,30,31)/t21-,22+/m1/s1. The van der Waals surface area contributed by atoms with Crippen molar-refractivity contribution in [3.63, 3.8) is 0 Å². The maximum atomic E-state index is 12.8. The molecule has 0 radical (unpaired) electrons. The topological polar surface area (TPSA) is 53.0 Å². The number of likely N-dealkylation sites (tertiary alicyclic amines) is 1. The fraction of sp³-hybridized carbons (Fsp3) is 0.458. The highest BCUT2D eigenvalue weighted by Gasteiger charge is 2.40. The molecule has 1 aliphatic heterocycles. The molecule has 1 heterocycles. The van der Waals surface area contributed by atoms with E-state index >= 15 is 0 Å². The first-order valence-electron chi connectivity index (χ1n) is 11.0. The van der Waals surface area contributed by atoms with Crippen molar-refractivity contribution in [3.05, 3.63) is 65.7 Å². The average Bonchev–Trinajstić information content (AvgIpc) is 3.10. The van der Waals surface area contributed by atoms with Crippen LogP contribution < -0.4 is 4.74 Å². The molecule has 9 heteroatoms. The molecular formula is C24H31F3N2O3Si. The van der Waals surface area contributed by atoms with E-state index in [4.69, 9.17) is 0 Å². The molecule has 1 amide bonds. The Bertz CT molecular complexity index is 935. The van der Waals surface area contributed by atoms with E-state index in [-0.39, 0.29) is 17.7 Å². The Morgan fingerprint density at radius 2 is 1.82 bits per heavy atom. The minimum Gasteiger partial charge on any atom is -0.465 e. The van der Waals surface area contributed by atoms with Crippen LogP contribution in [0.5, 0.6) is 5.75 Å². The van der Waals surface area contributed by atoms with Crippen LogP contribution in [0.1, 0.15) is 17.0 Å². The average molecular weight is 481 g/mol. The van der Waals surface area contributed by atoms with E-state index in [0.717, 1.165) is 11.6 Å². The number of halogens is 3. The molecule has 1 aliphatic rings. The summed E-state index contributed by atoms with van der Waals surface area (Å²) in [6.07, 6.45) is -5.77. The third-order valence-corrected chi connectivity index (χ3v) is 7.61. The first kappa shape index (κ1) is 25.1. The third kappa shape index (κ3) is 7.50. The molecule has 0 spiro atoms. The monoisotopic (exact) mass is 480 g/mol. The molecule has 0 saturated carbocycles. The van der Waals surface area contributed by atoms with Gasteiger partial charge >= 0.3 is 12.5 Å². The number of alkyl halides is 3. The summed E-state index contributed by atoms with van der Waals surface area (Å²) in [6.45, 7) is 8.71. The number of carbonyl (C=O) groups is 1. The van der Waals surface area contributed by atoms with Crippen molar-refractivity contribution >= 4 is 14.2 Å². The summed E-state index contributed by atoms with van der Waals surface area (Å²) in [4.78, 5) is 15.9. The molecule has 33 heavy (non-hydrogen) atoms. The van der Waals surface area contributed by atoms with Gasteiger partial charge in [-0.2, -0.15) is 0 Å². The molecule has 1 N–H and O–H groups in total. The number of nitrogens with zero attached hydrogens (tertiary/aromatic N) is 2. The molecule has 180 valence electrons. The van der Waals surface area contributed by atoms with Crippen molar-refractivity contribution in [1.82, 2.24) is 9.80 Å². The molecule has 3 rings (SSSR count). The first-order valence-corrected chi connectivity index (χ1v) is 14.7. The van der Waals surface area contributed by atoms with Gasteiger partial charge in [0, 0.05) is 40.2 Å². The summed E-state index contributed by atoms with van der Waals surface area (Å²) >= 11 is 0. The van der Waals surface area contributed by atoms with Crippen LogP contribution in [0.25, 0.3) is 0 Å². The fourth-order valence-electron chi connectivity index (χ4n) is 4.28. The van der Waals surface area contributed by atoms with E-state index < -0.39 is 20.5 Å². The van der Waals surface area contributed by atoms with Crippen LogP contribution in [0.15, 0.2) is 54.6 Å². The zero-order valence-corrected chi connectivity index (χ0v) is 20.2. The summed E-state index contributed by atoms with van der Waals surface area (Å²) in [6, 6.07) is 16.3. The van der Waals surface area contributed by atoms with Crippen LogP contribution >= 0.6 is 0 Å². The van der Waals surface area contributed by atoms with Gasteiger partial charge < -0.3 is 14.7 Å². The van der Waals surface area contributed by atoms with Gasteiger partial charge in [-0.05, 0) is 29.3 Å². The largest absolute Gasteiger partial charge is 0.573 e. The molecule has 0 bridgehead atoms. The number of ether oxygens (including phenoxy) is 1. The summed E-state index contributed by atoms with van der Waals surface area (Å²) in [7, 11) is -1.50. The smallest absolute Gasteiger partial charge is 0.465 e. The normalized spacial score (nSPS) is 19.5. The molecule has 1 fully saturated rings. The summed E-state index contributed by atoms with van der Waals surface area (Å²) < 4.78 is 42.4. The highest BCUT2D eigenvalue weighted by molar-refractivity contribution is 6.76. The van der Waals surface area contributed by atoms with E-state index in [1.807, 2.05) is 30.3 Å². The second kappa shape index (κ2) is 10.2. The second-order valence-electron chi connectivity index (χ2n) is 9.76. The number of benzene rings is 2. The van der Waals surface area contributed by atoms with Crippen LogP contribution in [0, 0.1) is 0 Å². The number of amides is 1. The van der Waals surface area contributed by atoms with Crippen LogP contribution in [-0.2, 0) is 6.54 Å². The molecule has 5 nitrogen and oxygen atoms in total.